The Bertz CT molecular complexity index is 850. The molecule has 0 N–H and O–H groups in total. The Balaban J connectivity index is 1.65. The van der Waals surface area contributed by atoms with Gasteiger partial charge in [0.1, 0.15) is 11.4 Å². The van der Waals surface area contributed by atoms with Crippen LogP contribution in [0.4, 0.5) is 5.69 Å². The molecule has 1 aliphatic heterocycles. The van der Waals surface area contributed by atoms with Gasteiger partial charge in [-0.15, -0.1) is 0 Å². The zero-order valence-electron chi connectivity index (χ0n) is 16.2. The quantitative estimate of drug-likeness (QED) is 0.769. The van der Waals surface area contributed by atoms with Crippen molar-refractivity contribution in [2.24, 2.45) is 0 Å². The molecule has 1 heterocycles. The van der Waals surface area contributed by atoms with Gasteiger partial charge in [0.2, 0.25) is 0 Å². The number of aryl methyl sites for hydroxylation is 1. The average Bonchev–Trinajstić information content (AvgIpc) is 3.04. The van der Waals surface area contributed by atoms with Gasteiger partial charge in [-0.2, -0.15) is 0 Å². The monoisotopic (exact) mass is 367 g/mol. The molecule has 1 aliphatic rings. The van der Waals surface area contributed by atoms with E-state index in [9.17, 15) is 9.59 Å². The molecule has 0 unspecified atom stereocenters. The summed E-state index contributed by atoms with van der Waals surface area (Å²) in [6.07, 6.45) is 0.875. The van der Waals surface area contributed by atoms with Gasteiger partial charge in [-0.05, 0) is 69.5 Å². The summed E-state index contributed by atoms with van der Waals surface area (Å²) in [5.74, 6) is 0.0731. The van der Waals surface area contributed by atoms with Crippen LogP contribution in [0.2, 0.25) is 0 Å². The third-order valence-corrected chi connectivity index (χ3v) is 4.32. The van der Waals surface area contributed by atoms with Crippen LogP contribution in [0.25, 0.3) is 0 Å². The first-order valence-electron chi connectivity index (χ1n) is 9.10. The lowest BCUT2D eigenvalue weighted by Gasteiger charge is -2.20. The molecule has 0 radical (unpaired) electrons. The Morgan fingerprint density at radius 3 is 2.44 bits per heavy atom. The van der Waals surface area contributed by atoms with E-state index in [0.29, 0.717) is 17.9 Å². The smallest absolute Gasteiger partial charge is 0.344 e. The van der Waals surface area contributed by atoms with Crippen LogP contribution in [-0.4, -0.2) is 30.6 Å². The van der Waals surface area contributed by atoms with E-state index in [1.54, 1.807) is 24.3 Å². The second kappa shape index (κ2) is 7.43. The molecular weight excluding hydrogens is 342 g/mol. The Kier molecular flexibility index (Phi) is 5.22. The molecule has 27 heavy (non-hydrogen) atoms. The van der Waals surface area contributed by atoms with E-state index in [1.807, 2.05) is 44.7 Å². The number of esters is 1. The Morgan fingerprint density at radius 1 is 1.07 bits per heavy atom. The van der Waals surface area contributed by atoms with Crippen molar-refractivity contribution in [3.63, 3.8) is 0 Å². The van der Waals surface area contributed by atoms with Crippen LogP contribution in [0.5, 0.6) is 5.75 Å². The van der Waals surface area contributed by atoms with Crippen molar-refractivity contribution >= 4 is 17.6 Å². The summed E-state index contributed by atoms with van der Waals surface area (Å²) >= 11 is 0. The van der Waals surface area contributed by atoms with E-state index in [0.717, 1.165) is 17.7 Å². The fourth-order valence-electron chi connectivity index (χ4n) is 3.22. The molecule has 0 aliphatic carbocycles. The van der Waals surface area contributed by atoms with Crippen LogP contribution < -0.4 is 9.64 Å². The molecule has 0 aromatic heterocycles. The van der Waals surface area contributed by atoms with E-state index in [-0.39, 0.29) is 12.5 Å². The lowest BCUT2D eigenvalue weighted by molar-refractivity contribution is -0.157. The molecule has 5 nitrogen and oxygen atoms in total. The molecule has 0 atom stereocenters. The number of carbonyl (C=O) groups is 2. The van der Waals surface area contributed by atoms with E-state index < -0.39 is 11.6 Å². The van der Waals surface area contributed by atoms with Crippen molar-refractivity contribution < 1.29 is 19.1 Å². The van der Waals surface area contributed by atoms with Gasteiger partial charge in [0.25, 0.3) is 5.91 Å². The highest BCUT2D eigenvalue weighted by atomic mass is 16.6. The number of amides is 1. The van der Waals surface area contributed by atoms with Gasteiger partial charge >= 0.3 is 5.97 Å². The lowest BCUT2D eigenvalue weighted by Crippen LogP contribution is -2.29. The third kappa shape index (κ3) is 4.48. The molecule has 2 aromatic rings. The standard InChI is InChI=1S/C22H25NO4/c1-15-6-5-7-16-12-13-23(20(15)16)21(25)17-8-10-18(11-9-17)26-14-19(24)27-22(2,3)4/h5-11H,12-14H2,1-4H3. The Hall–Kier alpha value is -2.82. The third-order valence-electron chi connectivity index (χ3n) is 4.32. The van der Waals surface area contributed by atoms with Crippen molar-refractivity contribution in [2.75, 3.05) is 18.1 Å². The number of carbonyl (C=O) groups excluding carboxylic acids is 2. The van der Waals surface area contributed by atoms with E-state index in [4.69, 9.17) is 9.47 Å². The maximum atomic E-state index is 12.9. The van der Waals surface area contributed by atoms with Crippen LogP contribution in [-0.2, 0) is 16.0 Å². The zero-order chi connectivity index (χ0) is 19.6. The first-order valence-corrected chi connectivity index (χ1v) is 9.10. The number of rotatable bonds is 4. The first-order chi connectivity index (χ1) is 12.7. The molecule has 0 bridgehead atoms. The first kappa shape index (κ1) is 19.0. The molecule has 0 fully saturated rings. The molecule has 142 valence electrons. The van der Waals surface area contributed by atoms with Crippen LogP contribution in [0.15, 0.2) is 42.5 Å². The molecular formula is C22H25NO4. The highest BCUT2D eigenvalue weighted by molar-refractivity contribution is 6.07. The lowest BCUT2D eigenvalue weighted by atomic mass is 10.1. The summed E-state index contributed by atoms with van der Waals surface area (Å²) in [6.45, 7) is 7.98. The minimum atomic E-state index is -0.541. The minimum absolute atomic E-state index is 0.0262. The van der Waals surface area contributed by atoms with E-state index in [2.05, 4.69) is 6.07 Å². The van der Waals surface area contributed by atoms with Gasteiger partial charge in [-0.3, -0.25) is 4.79 Å². The van der Waals surface area contributed by atoms with Crippen molar-refractivity contribution in [1.29, 1.82) is 0 Å². The predicted molar refractivity (Wildman–Crippen MR) is 104 cm³/mol. The largest absolute Gasteiger partial charge is 0.482 e. The van der Waals surface area contributed by atoms with Crippen molar-refractivity contribution in [3.8, 4) is 5.75 Å². The number of para-hydroxylation sites is 1. The van der Waals surface area contributed by atoms with Crippen molar-refractivity contribution in [3.05, 3.63) is 59.2 Å². The summed E-state index contributed by atoms with van der Waals surface area (Å²) in [7, 11) is 0. The molecule has 5 heteroatoms. The Labute approximate surface area is 159 Å². The van der Waals surface area contributed by atoms with Crippen LogP contribution in [0.1, 0.15) is 42.3 Å². The zero-order valence-corrected chi connectivity index (χ0v) is 16.2. The minimum Gasteiger partial charge on any atom is -0.482 e. The van der Waals surface area contributed by atoms with Crippen molar-refractivity contribution in [1.82, 2.24) is 0 Å². The fourth-order valence-corrected chi connectivity index (χ4v) is 3.22. The second-order valence-corrected chi connectivity index (χ2v) is 7.69. The Morgan fingerprint density at radius 2 is 1.78 bits per heavy atom. The highest BCUT2D eigenvalue weighted by Crippen LogP contribution is 2.32. The number of nitrogens with zero attached hydrogens (tertiary/aromatic N) is 1. The molecule has 2 aromatic carbocycles. The topological polar surface area (TPSA) is 55.8 Å². The molecule has 3 rings (SSSR count). The maximum absolute atomic E-state index is 12.9. The SMILES string of the molecule is Cc1cccc2c1N(C(=O)c1ccc(OCC(=O)OC(C)(C)C)cc1)CC2. The number of ether oxygens (including phenoxy) is 2. The number of hydrogen-bond donors (Lipinski definition) is 0. The summed E-state index contributed by atoms with van der Waals surface area (Å²) in [5, 5.41) is 0. The van der Waals surface area contributed by atoms with Crippen LogP contribution in [0, 0.1) is 6.92 Å². The molecule has 0 saturated carbocycles. The van der Waals surface area contributed by atoms with Gasteiger partial charge < -0.3 is 14.4 Å². The molecule has 0 saturated heterocycles. The van der Waals surface area contributed by atoms with Crippen molar-refractivity contribution in [2.45, 2.75) is 39.7 Å². The molecule has 1 amide bonds. The normalized spacial score (nSPS) is 13.3. The van der Waals surface area contributed by atoms with Crippen LogP contribution >= 0.6 is 0 Å². The van der Waals surface area contributed by atoms with Gasteiger partial charge in [-0.25, -0.2) is 4.79 Å². The predicted octanol–water partition coefficient (Wildman–Crippen LogP) is 3.92. The highest BCUT2D eigenvalue weighted by Gasteiger charge is 2.26. The van der Waals surface area contributed by atoms with Gasteiger partial charge in [0.05, 0.1) is 5.69 Å². The van der Waals surface area contributed by atoms with E-state index >= 15 is 0 Å². The number of benzene rings is 2. The summed E-state index contributed by atoms with van der Waals surface area (Å²) in [4.78, 5) is 26.5. The summed E-state index contributed by atoms with van der Waals surface area (Å²) in [6, 6.07) is 13.0. The van der Waals surface area contributed by atoms with Gasteiger partial charge in [-0.1, -0.05) is 18.2 Å². The average molecular weight is 367 g/mol. The van der Waals surface area contributed by atoms with Crippen LogP contribution in [0.3, 0.4) is 0 Å². The van der Waals surface area contributed by atoms with Gasteiger partial charge in [0, 0.05) is 12.1 Å². The molecule has 0 spiro atoms. The maximum Gasteiger partial charge on any atom is 0.344 e. The van der Waals surface area contributed by atoms with Gasteiger partial charge in [0.15, 0.2) is 6.61 Å². The summed E-state index contributed by atoms with van der Waals surface area (Å²) in [5.41, 5.74) is 3.39. The van der Waals surface area contributed by atoms with E-state index in [1.165, 1.54) is 5.56 Å². The second-order valence-electron chi connectivity index (χ2n) is 7.69. The number of fused-ring (bicyclic) bond motifs is 1. The number of hydrogen-bond acceptors (Lipinski definition) is 4. The summed E-state index contributed by atoms with van der Waals surface area (Å²) < 4.78 is 10.7. The fraction of sp³-hybridized carbons (Fsp3) is 0.364. The number of anilines is 1.